The van der Waals surface area contributed by atoms with Crippen LogP contribution in [0.4, 0.5) is 10.6 Å². The maximum absolute atomic E-state index is 12.4. The number of ether oxygens (including phenoxy) is 3. The van der Waals surface area contributed by atoms with E-state index in [-0.39, 0.29) is 29.6 Å². The monoisotopic (exact) mass is 457 g/mol. The number of hydrogen-bond acceptors (Lipinski definition) is 10. The molecule has 0 spiro atoms. The highest BCUT2D eigenvalue weighted by atomic mass is 16.7. The summed E-state index contributed by atoms with van der Waals surface area (Å²) in [6, 6.07) is 5.06. The number of rotatable bonds is 4. The third-order valence-electron chi connectivity index (χ3n) is 7.90. The molecule has 3 heterocycles. The molecule has 5 rings (SSSR count). The largest absolute Gasteiger partial charge is 0.508 e. The molecule has 4 N–H and O–H groups in total. The van der Waals surface area contributed by atoms with E-state index in [2.05, 4.69) is 23.9 Å². The molecule has 7 atom stereocenters. The number of nitrogens with zero attached hydrogens (tertiary/aromatic N) is 4. The molecular formula is C22H27N5O6. The quantitative estimate of drug-likeness (QED) is 0.567. The van der Waals surface area contributed by atoms with Crippen molar-refractivity contribution in [1.82, 2.24) is 14.6 Å². The summed E-state index contributed by atoms with van der Waals surface area (Å²) in [7, 11) is 0. The van der Waals surface area contributed by atoms with E-state index in [1.807, 2.05) is 6.07 Å². The van der Waals surface area contributed by atoms with E-state index in [1.54, 1.807) is 6.07 Å². The minimum atomic E-state index is -1.95. The zero-order valence-electron chi connectivity index (χ0n) is 18.4. The van der Waals surface area contributed by atoms with Crippen LogP contribution < -0.4 is 5.73 Å². The summed E-state index contributed by atoms with van der Waals surface area (Å²) in [5.41, 5.74) is 4.64. The number of carbonyl (C=O) groups is 1. The summed E-state index contributed by atoms with van der Waals surface area (Å²) in [5.74, 6) is 1.01. The minimum absolute atomic E-state index is 0.138. The van der Waals surface area contributed by atoms with Crippen molar-refractivity contribution in [2.75, 3.05) is 12.3 Å². The molecule has 11 heteroatoms. The van der Waals surface area contributed by atoms with Crippen LogP contribution >= 0.6 is 0 Å². The van der Waals surface area contributed by atoms with Crippen molar-refractivity contribution in [2.24, 2.45) is 17.3 Å². The van der Waals surface area contributed by atoms with Crippen LogP contribution in [0.3, 0.4) is 0 Å². The maximum Gasteiger partial charge on any atom is 0.508 e. The van der Waals surface area contributed by atoms with E-state index in [0.29, 0.717) is 17.4 Å². The molecule has 176 valence electrons. The highest BCUT2D eigenvalue weighted by Gasteiger charge is 2.58. The van der Waals surface area contributed by atoms with Gasteiger partial charge in [-0.05, 0) is 42.7 Å². The minimum Gasteiger partial charge on any atom is -0.431 e. The Morgan fingerprint density at radius 2 is 2.18 bits per heavy atom. The molecule has 3 aliphatic rings. The van der Waals surface area contributed by atoms with Crippen LogP contribution in [0, 0.1) is 28.6 Å². The van der Waals surface area contributed by atoms with Crippen LogP contribution in [0.5, 0.6) is 0 Å². The number of aromatic nitrogens is 3. The van der Waals surface area contributed by atoms with Gasteiger partial charge in [-0.2, -0.15) is 10.4 Å². The van der Waals surface area contributed by atoms with E-state index < -0.39 is 30.1 Å². The molecule has 1 aliphatic heterocycles. The van der Waals surface area contributed by atoms with Gasteiger partial charge in [0.1, 0.15) is 48.9 Å². The summed E-state index contributed by atoms with van der Waals surface area (Å²) < 4.78 is 17.9. The van der Waals surface area contributed by atoms with Crippen LogP contribution in [-0.4, -0.2) is 62.0 Å². The SMILES string of the molecule is CC1(C)C2CCC1C(OC(=O)OC[C@H]1O[C@@](C#N)(c3ccc4c(N)ncnn34)[C@H](O)[C@@H]1O)C2. The van der Waals surface area contributed by atoms with Gasteiger partial charge < -0.3 is 30.2 Å². The number of nitriles is 1. The third kappa shape index (κ3) is 3.16. The molecule has 0 amide bonds. The zero-order chi connectivity index (χ0) is 23.5. The average Bonchev–Trinajstić information content (AvgIpc) is 3.48. The predicted octanol–water partition coefficient (Wildman–Crippen LogP) is 1.13. The Balaban J connectivity index is 1.28. The Kier molecular flexibility index (Phi) is 5.00. The van der Waals surface area contributed by atoms with Gasteiger partial charge in [0.25, 0.3) is 0 Å². The van der Waals surface area contributed by atoms with Crippen LogP contribution in [0.15, 0.2) is 18.5 Å². The van der Waals surface area contributed by atoms with Gasteiger partial charge >= 0.3 is 6.16 Å². The number of fused-ring (bicyclic) bond motifs is 3. The lowest BCUT2D eigenvalue weighted by atomic mass is 9.82. The van der Waals surface area contributed by atoms with Gasteiger partial charge in [-0.15, -0.1) is 0 Å². The smallest absolute Gasteiger partial charge is 0.431 e. The first-order valence-electron chi connectivity index (χ1n) is 11.1. The summed E-state index contributed by atoms with van der Waals surface area (Å²) in [6.07, 6.45) is -1.09. The van der Waals surface area contributed by atoms with Crippen molar-refractivity contribution < 1.29 is 29.2 Å². The van der Waals surface area contributed by atoms with E-state index >= 15 is 0 Å². The fraction of sp³-hybridized carbons (Fsp3) is 0.636. The second kappa shape index (κ2) is 7.55. The molecule has 2 aromatic rings. The maximum atomic E-state index is 12.4. The van der Waals surface area contributed by atoms with Gasteiger partial charge in [0.15, 0.2) is 5.82 Å². The van der Waals surface area contributed by atoms with Crippen molar-refractivity contribution in [3.05, 3.63) is 24.2 Å². The Labute approximate surface area is 190 Å². The lowest BCUT2D eigenvalue weighted by Crippen LogP contribution is -2.41. The fourth-order valence-electron chi connectivity index (χ4n) is 5.95. The van der Waals surface area contributed by atoms with Crippen LogP contribution in [0.2, 0.25) is 0 Å². The van der Waals surface area contributed by atoms with Gasteiger partial charge in [0.2, 0.25) is 5.60 Å². The lowest BCUT2D eigenvalue weighted by Gasteiger charge is -2.26. The highest BCUT2D eigenvalue weighted by Crippen LogP contribution is 2.58. The Morgan fingerprint density at radius 1 is 1.39 bits per heavy atom. The first-order chi connectivity index (χ1) is 15.7. The number of anilines is 1. The van der Waals surface area contributed by atoms with Crippen molar-refractivity contribution in [3.8, 4) is 6.07 Å². The summed E-state index contributed by atoms with van der Waals surface area (Å²) >= 11 is 0. The summed E-state index contributed by atoms with van der Waals surface area (Å²) in [6.45, 7) is 4.03. The highest BCUT2D eigenvalue weighted by molar-refractivity contribution is 5.66. The molecule has 3 fully saturated rings. The second-order valence-corrected chi connectivity index (χ2v) is 9.76. The molecule has 2 bridgehead atoms. The molecule has 11 nitrogen and oxygen atoms in total. The standard InChI is InChI=1S/C22H27N5O6/c1-21(2)11-3-4-12(21)14(7-11)32-20(30)31-8-15-17(28)18(29)22(9-23,33-15)16-6-5-13-19(24)25-10-26-27(13)16/h5-6,10-12,14-15,17-18,28-29H,3-4,7-8H2,1-2H3,(H2,24,25,26)/t11?,12?,14?,15-,17-,18-,22+/m1/s1. The molecule has 0 aromatic carbocycles. The van der Waals surface area contributed by atoms with E-state index in [9.17, 15) is 20.3 Å². The number of carbonyl (C=O) groups excluding carboxylic acids is 1. The first kappa shape index (κ1) is 21.9. The Hall–Kier alpha value is -2.94. The Bertz CT molecular complexity index is 1130. The van der Waals surface area contributed by atoms with Crippen LogP contribution in [0.1, 0.15) is 38.8 Å². The molecule has 3 unspecified atom stereocenters. The molecule has 1 saturated heterocycles. The summed E-state index contributed by atoms with van der Waals surface area (Å²) in [5, 5.41) is 35.3. The Morgan fingerprint density at radius 3 is 2.85 bits per heavy atom. The van der Waals surface area contributed by atoms with Crippen LogP contribution in [0.25, 0.3) is 5.52 Å². The normalized spacial score (nSPS) is 36.7. The number of nitrogen functional groups attached to an aromatic ring is 1. The molecule has 33 heavy (non-hydrogen) atoms. The number of hydrogen-bond donors (Lipinski definition) is 3. The lowest BCUT2D eigenvalue weighted by molar-refractivity contribution is -0.0772. The van der Waals surface area contributed by atoms with E-state index in [1.165, 1.54) is 16.9 Å². The molecule has 2 aromatic heterocycles. The molecular weight excluding hydrogens is 430 g/mol. The number of aliphatic hydroxyl groups is 2. The molecule has 0 radical (unpaired) electrons. The van der Waals surface area contributed by atoms with Gasteiger partial charge in [0.05, 0.1) is 5.69 Å². The van der Waals surface area contributed by atoms with Crippen molar-refractivity contribution >= 4 is 17.5 Å². The van der Waals surface area contributed by atoms with E-state index in [0.717, 1.165) is 19.3 Å². The fourth-order valence-corrected chi connectivity index (χ4v) is 5.95. The number of nitrogens with two attached hydrogens (primary N) is 1. The zero-order valence-corrected chi connectivity index (χ0v) is 18.4. The van der Waals surface area contributed by atoms with Crippen LogP contribution in [-0.2, 0) is 19.8 Å². The van der Waals surface area contributed by atoms with Gasteiger partial charge in [-0.3, -0.25) is 0 Å². The van der Waals surface area contributed by atoms with E-state index in [4.69, 9.17) is 19.9 Å². The molecule has 2 saturated carbocycles. The van der Waals surface area contributed by atoms with Crippen molar-refractivity contribution in [1.29, 1.82) is 5.26 Å². The first-order valence-corrected chi connectivity index (χ1v) is 11.1. The number of aliphatic hydroxyl groups excluding tert-OH is 2. The van der Waals surface area contributed by atoms with Crippen molar-refractivity contribution in [2.45, 2.75) is 63.1 Å². The van der Waals surface area contributed by atoms with Crippen molar-refractivity contribution in [3.63, 3.8) is 0 Å². The molecule has 2 aliphatic carbocycles. The second-order valence-electron chi connectivity index (χ2n) is 9.76. The van der Waals surface area contributed by atoms with Gasteiger partial charge in [-0.25, -0.2) is 14.3 Å². The third-order valence-corrected chi connectivity index (χ3v) is 7.90. The topological polar surface area (TPSA) is 165 Å². The average molecular weight is 457 g/mol. The van der Waals surface area contributed by atoms with Gasteiger partial charge in [0, 0.05) is 5.92 Å². The predicted molar refractivity (Wildman–Crippen MR) is 112 cm³/mol. The summed E-state index contributed by atoms with van der Waals surface area (Å²) in [4.78, 5) is 16.3. The van der Waals surface area contributed by atoms with Gasteiger partial charge in [-0.1, -0.05) is 13.8 Å².